The molecule has 0 atom stereocenters. The fourth-order valence-electron chi connectivity index (χ4n) is 8.37. The minimum absolute atomic E-state index is 0.194. The number of aromatic nitrogens is 8. The molecule has 0 saturated heterocycles. The first kappa shape index (κ1) is 82.3. The molecule has 84 heavy (non-hydrogen) atoms. The van der Waals surface area contributed by atoms with Crippen LogP contribution in [-0.2, 0) is 0 Å². The van der Waals surface area contributed by atoms with E-state index in [9.17, 15) is 34.5 Å². The standard InChI is InChI=1S/2C20H22I2N3.C10H8N2.4CH2Cl2.2BF4/c2*1-11-7-13(3)17(14(4)8-11)24-19(21)20(22)25(23-24)18-15(5)9-12(2)10-16(18)6;1-5-11-6-2-9(1)10-3-7-12-8-4-10;4*2-1-3;2*2-1(3,4)5/h2*7-10H,1-6H3;1-8H;4*1H2;;/q2*+1;;;;;;2*-1. The Labute approximate surface area is 582 Å². The maximum absolute atomic E-state index is 9.75. The lowest BCUT2D eigenvalue weighted by molar-refractivity contribution is -0.674. The van der Waals surface area contributed by atoms with Crippen LogP contribution in [0, 0.1) is 97.9 Å². The zero-order chi connectivity index (χ0) is 65.0. The van der Waals surface area contributed by atoms with Crippen molar-refractivity contribution >= 4 is 198 Å². The van der Waals surface area contributed by atoms with Crippen LogP contribution in [0.5, 0.6) is 0 Å². The molecule has 30 heteroatoms. The first-order valence-corrected chi connectivity index (χ1v) is 32.7. The van der Waals surface area contributed by atoms with Gasteiger partial charge in [0.15, 0.2) is 22.7 Å². The van der Waals surface area contributed by atoms with Crippen LogP contribution in [0.2, 0.25) is 0 Å². The van der Waals surface area contributed by atoms with Crippen molar-refractivity contribution in [1.29, 1.82) is 0 Å². The van der Waals surface area contributed by atoms with Crippen LogP contribution < -0.4 is 9.36 Å². The highest BCUT2D eigenvalue weighted by atomic mass is 127. The molecule has 0 N–H and O–H groups in total. The van der Waals surface area contributed by atoms with Gasteiger partial charge in [-0.15, -0.1) is 92.8 Å². The second-order valence-corrected chi connectivity index (χ2v) is 24.8. The zero-order valence-electron chi connectivity index (χ0n) is 47.4. The second-order valence-electron chi connectivity index (χ2n) is 17.4. The fraction of sp³-hybridized carbons (Fsp3) is 0.296. The van der Waals surface area contributed by atoms with Gasteiger partial charge in [-0.1, -0.05) is 89.5 Å². The second kappa shape index (κ2) is 41.5. The molecular weight excluding hydrogens is 1730 g/mol. The molecular formula is C54H60B2Cl8F8I4N8. The molecule has 0 bridgehead atoms. The summed E-state index contributed by atoms with van der Waals surface area (Å²) in [6, 6.07) is 25.7. The molecule has 8 rings (SSSR count). The molecule has 0 aliphatic carbocycles. The Hall–Kier alpha value is -1.73. The molecule has 0 amide bonds. The van der Waals surface area contributed by atoms with Crippen molar-refractivity contribution in [3.63, 3.8) is 0 Å². The average Bonchev–Trinajstić information content (AvgIpc) is 2.30. The minimum atomic E-state index is -6.00. The first-order chi connectivity index (χ1) is 39.0. The Kier molecular flexibility index (Phi) is 40.7. The summed E-state index contributed by atoms with van der Waals surface area (Å²) in [7, 11) is -12.0. The minimum Gasteiger partial charge on any atom is -0.418 e. The summed E-state index contributed by atoms with van der Waals surface area (Å²) in [6.07, 6.45) is 7.15. The molecule has 0 fully saturated rings. The number of alkyl halides is 8. The topological polar surface area (TPSA) is 69.2 Å². The van der Waals surface area contributed by atoms with Crippen molar-refractivity contribution < 1.29 is 43.9 Å². The first-order valence-electron chi connectivity index (χ1n) is 24.1. The smallest absolute Gasteiger partial charge is 0.418 e. The van der Waals surface area contributed by atoms with E-state index in [1.54, 1.807) is 24.8 Å². The molecule has 8 aromatic rings. The van der Waals surface area contributed by atoms with Crippen LogP contribution in [-0.4, -0.2) is 65.6 Å². The lowest BCUT2D eigenvalue weighted by atomic mass is 10.1. The number of benzene rings is 4. The largest absolute Gasteiger partial charge is 0.673 e. The maximum Gasteiger partial charge on any atom is 0.673 e. The van der Waals surface area contributed by atoms with Crippen LogP contribution in [0.15, 0.2) is 97.6 Å². The van der Waals surface area contributed by atoms with Crippen molar-refractivity contribution in [3.05, 3.63) is 179 Å². The van der Waals surface area contributed by atoms with Crippen molar-refractivity contribution in [2.45, 2.75) is 83.1 Å². The Morgan fingerprint density at radius 2 is 0.548 bits per heavy atom. The summed E-state index contributed by atoms with van der Waals surface area (Å²) in [6.45, 7) is 25.8. The Balaban J connectivity index is 0.00000108. The van der Waals surface area contributed by atoms with E-state index >= 15 is 0 Å². The molecule has 4 heterocycles. The van der Waals surface area contributed by atoms with Gasteiger partial charge < -0.3 is 34.5 Å². The molecule has 0 saturated carbocycles. The van der Waals surface area contributed by atoms with Crippen LogP contribution in [0.1, 0.15) is 66.8 Å². The van der Waals surface area contributed by atoms with E-state index in [1.807, 2.05) is 24.3 Å². The monoisotopic (exact) mass is 1780 g/mol. The highest BCUT2D eigenvalue weighted by Crippen LogP contribution is 2.28. The number of hydrogen-bond donors (Lipinski definition) is 0. The quantitative estimate of drug-likeness (QED) is 0.0566. The van der Waals surface area contributed by atoms with Gasteiger partial charge in [0.25, 0.3) is 0 Å². The van der Waals surface area contributed by atoms with Gasteiger partial charge in [-0.3, -0.25) is 9.97 Å². The van der Waals surface area contributed by atoms with Crippen molar-refractivity contribution in [2.75, 3.05) is 21.4 Å². The number of pyridine rings is 2. The van der Waals surface area contributed by atoms with E-state index in [2.05, 4.69) is 251 Å². The normalized spacial score (nSPS) is 10.3. The average molecular weight is 1790 g/mol. The van der Waals surface area contributed by atoms with E-state index in [-0.39, 0.29) is 21.4 Å². The van der Waals surface area contributed by atoms with Crippen LogP contribution in [0.3, 0.4) is 0 Å². The van der Waals surface area contributed by atoms with Crippen molar-refractivity contribution in [3.8, 4) is 33.9 Å². The molecule has 0 unspecified atom stereocenters. The lowest BCUT2D eigenvalue weighted by Crippen LogP contribution is -2.38. The van der Waals surface area contributed by atoms with Crippen LogP contribution in [0.25, 0.3) is 33.9 Å². The predicted octanol–water partition coefficient (Wildman–Crippen LogP) is 20.8. The molecule has 4 aromatic carbocycles. The van der Waals surface area contributed by atoms with Gasteiger partial charge >= 0.3 is 14.5 Å². The van der Waals surface area contributed by atoms with E-state index in [0.717, 1.165) is 14.8 Å². The van der Waals surface area contributed by atoms with E-state index < -0.39 is 14.5 Å². The Morgan fingerprint density at radius 3 is 0.738 bits per heavy atom. The highest BCUT2D eigenvalue weighted by molar-refractivity contribution is 14.1. The van der Waals surface area contributed by atoms with Crippen LogP contribution >= 0.6 is 183 Å². The summed E-state index contributed by atoms with van der Waals surface area (Å²) in [5.74, 6) is 0. The summed E-state index contributed by atoms with van der Waals surface area (Å²) >= 11 is 47.7. The van der Waals surface area contributed by atoms with E-state index in [1.165, 1.54) is 101 Å². The summed E-state index contributed by atoms with van der Waals surface area (Å²) < 4.78 is 90.8. The van der Waals surface area contributed by atoms with E-state index in [0.29, 0.717) is 0 Å². The molecule has 0 spiro atoms. The zero-order valence-corrected chi connectivity index (χ0v) is 62.0. The maximum atomic E-state index is 9.75. The molecule has 0 aliphatic rings. The molecule has 4 aromatic heterocycles. The highest BCUT2D eigenvalue weighted by Gasteiger charge is 2.30. The number of aryl methyl sites for hydroxylation is 12. The van der Waals surface area contributed by atoms with Gasteiger partial charge in [0.2, 0.25) is 14.8 Å². The molecule has 8 nitrogen and oxygen atoms in total. The third-order valence-electron chi connectivity index (χ3n) is 10.5. The molecule has 0 aliphatic heterocycles. The van der Waals surface area contributed by atoms with Crippen molar-refractivity contribution in [2.24, 2.45) is 0 Å². The van der Waals surface area contributed by atoms with Crippen molar-refractivity contribution in [1.82, 2.24) is 29.8 Å². The van der Waals surface area contributed by atoms with Crippen LogP contribution in [0.4, 0.5) is 34.5 Å². The number of halogens is 20. The van der Waals surface area contributed by atoms with Gasteiger partial charge in [0.05, 0.1) is 21.4 Å². The fourth-order valence-corrected chi connectivity index (χ4v) is 10.6. The molecule has 0 radical (unpaired) electrons. The van der Waals surface area contributed by atoms with Gasteiger partial charge in [-0.05, 0) is 163 Å². The predicted molar refractivity (Wildman–Crippen MR) is 372 cm³/mol. The van der Waals surface area contributed by atoms with E-state index in [4.69, 9.17) is 103 Å². The van der Waals surface area contributed by atoms with Gasteiger partial charge in [0.1, 0.15) is 10.4 Å². The lowest BCUT2D eigenvalue weighted by Gasteiger charge is -2.07. The molecule has 462 valence electrons. The third kappa shape index (κ3) is 29.7. The number of nitrogens with zero attached hydrogens (tertiary/aromatic N) is 8. The summed E-state index contributed by atoms with van der Waals surface area (Å²) in [5.41, 5.74) is 22.2. The van der Waals surface area contributed by atoms with Gasteiger partial charge in [-0.2, -0.15) is 0 Å². The number of hydrogen-bond acceptors (Lipinski definition) is 4. The SMILES string of the molecule is Cc1cc(C)c(-n2n[n+](-c3c(C)cc(C)cc3C)c(I)c2I)c(C)c1.Cc1cc(C)c(-n2n[n+](-c3c(C)cc(C)cc3C)c(I)c2I)c(C)c1.ClCCl.ClCCl.ClCCl.ClCCl.F[B-](F)(F)F.F[B-](F)(F)F.c1cc(-c2ccncc2)ccn1. The summed E-state index contributed by atoms with van der Waals surface area (Å²) in [4.78, 5) is 7.91. The number of rotatable bonds is 5. The third-order valence-corrected chi connectivity index (χ3v) is 16.5. The Morgan fingerprint density at radius 1 is 0.369 bits per heavy atom. The Bertz CT molecular complexity index is 2800. The van der Waals surface area contributed by atoms with Gasteiger partial charge in [-0.25, -0.2) is 0 Å². The summed E-state index contributed by atoms with van der Waals surface area (Å²) in [5, 5.41) is 10.7. The van der Waals surface area contributed by atoms with Gasteiger partial charge in [0, 0.05) is 115 Å².